The normalized spacial score (nSPS) is 18.1. The number of thioether (sulfide) groups is 1. The Labute approximate surface area is 167 Å². The van der Waals surface area contributed by atoms with E-state index >= 15 is 0 Å². The lowest BCUT2D eigenvalue weighted by atomic mass is 10.1. The van der Waals surface area contributed by atoms with Gasteiger partial charge in [0.2, 0.25) is 0 Å². The summed E-state index contributed by atoms with van der Waals surface area (Å²) < 4.78 is 2.24. The first-order chi connectivity index (χ1) is 10.8. The summed E-state index contributed by atoms with van der Waals surface area (Å²) in [4.78, 5) is 8.99. The van der Waals surface area contributed by atoms with Crippen molar-refractivity contribution in [2.45, 2.75) is 63.8 Å². The highest BCUT2D eigenvalue weighted by molar-refractivity contribution is 14.0. The number of rotatable bonds is 5. The van der Waals surface area contributed by atoms with Gasteiger partial charge in [-0.15, -0.1) is 24.0 Å². The molecule has 0 saturated carbocycles. The topological polar surface area (TPSA) is 67.1 Å². The Morgan fingerprint density at radius 2 is 2.17 bits per heavy atom. The van der Waals surface area contributed by atoms with E-state index in [9.17, 15) is 0 Å². The molecule has 0 fully saturated rings. The standard InChI is InChI=1S/C16H30N6S.HI/c1-11(2)14-20-13-8-7-12(9-22(13)21-14)19-15(17-5)18-10-16(3,4)23-6;/h11-12H,7-10H2,1-6H3,(H2,17,18,19);1H. The molecule has 1 aromatic rings. The van der Waals surface area contributed by atoms with Crippen LogP contribution < -0.4 is 10.6 Å². The Morgan fingerprint density at radius 1 is 1.46 bits per heavy atom. The second kappa shape index (κ2) is 9.26. The summed E-state index contributed by atoms with van der Waals surface area (Å²) in [5, 5.41) is 11.6. The summed E-state index contributed by atoms with van der Waals surface area (Å²) >= 11 is 1.85. The number of hydrogen-bond donors (Lipinski definition) is 2. The lowest BCUT2D eigenvalue weighted by Gasteiger charge is -2.28. The molecule has 1 aliphatic rings. The summed E-state index contributed by atoms with van der Waals surface area (Å²) in [5.74, 6) is 3.30. The van der Waals surface area contributed by atoms with Gasteiger partial charge in [-0.2, -0.15) is 16.9 Å². The fourth-order valence-corrected chi connectivity index (χ4v) is 2.66. The molecular formula is C16H31IN6S. The highest BCUT2D eigenvalue weighted by Crippen LogP contribution is 2.20. The highest BCUT2D eigenvalue weighted by Gasteiger charge is 2.23. The van der Waals surface area contributed by atoms with Crippen molar-refractivity contribution in [1.82, 2.24) is 25.4 Å². The zero-order valence-electron chi connectivity index (χ0n) is 15.6. The fraction of sp³-hybridized carbons (Fsp3) is 0.812. The van der Waals surface area contributed by atoms with Crippen LogP contribution in [-0.2, 0) is 13.0 Å². The molecule has 1 atom stereocenters. The molecule has 0 radical (unpaired) electrons. The van der Waals surface area contributed by atoms with E-state index in [2.05, 4.69) is 64.3 Å². The molecule has 1 aliphatic heterocycles. The molecule has 0 amide bonds. The van der Waals surface area contributed by atoms with E-state index in [0.717, 1.165) is 43.5 Å². The van der Waals surface area contributed by atoms with Crippen LogP contribution in [-0.4, -0.2) is 51.4 Å². The smallest absolute Gasteiger partial charge is 0.191 e. The molecule has 1 aromatic heterocycles. The maximum absolute atomic E-state index is 4.64. The highest BCUT2D eigenvalue weighted by atomic mass is 127. The van der Waals surface area contributed by atoms with Crippen LogP contribution in [0.25, 0.3) is 0 Å². The molecule has 0 aliphatic carbocycles. The van der Waals surface area contributed by atoms with Gasteiger partial charge in [-0.25, -0.2) is 9.67 Å². The van der Waals surface area contributed by atoms with Gasteiger partial charge in [0.15, 0.2) is 11.8 Å². The number of nitrogens with zero attached hydrogens (tertiary/aromatic N) is 4. The van der Waals surface area contributed by atoms with Crippen LogP contribution in [0.4, 0.5) is 0 Å². The monoisotopic (exact) mass is 466 g/mol. The fourth-order valence-electron chi connectivity index (χ4n) is 2.45. The van der Waals surface area contributed by atoms with Crippen LogP contribution in [0.3, 0.4) is 0 Å². The van der Waals surface area contributed by atoms with E-state index in [1.165, 1.54) is 0 Å². The van der Waals surface area contributed by atoms with E-state index in [1.807, 2.05) is 18.8 Å². The van der Waals surface area contributed by atoms with E-state index in [4.69, 9.17) is 0 Å². The van der Waals surface area contributed by atoms with Crippen LogP contribution in [0.5, 0.6) is 0 Å². The van der Waals surface area contributed by atoms with Gasteiger partial charge < -0.3 is 10.6 Å². The summed E-state index contributed by atoms with van der Waals surface area (Å²) in [5.41, 5.74) is 0. The Balaban J connectivity index is 0.00000288. The second-order valence-corrected chi connectivity index (χ2v) is 8.51. The molecule has 1 unspecified atom stereocenters. The zero-order valence-corrected chi connectivity index (χ0v) is 18.7. The Bertz CT molecular complexity index is 555. The molecule has 2 rings (SSSR count). The average Bonchev–Trinajstić information content (AvgIpc) is 2.95. The van der Waals surface area contributed by atoms with Crippen LogP contribution >= 0.6 is 35.7 Å². The van der Waals surface area contributed by atoms with Gasteiger partial charge in [-0.3, -0.25) is 4.99 Å². The van der Waals surface area contributed by atoms with Crippen molar-refractivity contribution in [1.29, 1.82) is 0 Å². The van der Waals surface area contributed by atoms with Gasteiger partial charge in [0, 0.05) is 36.7 Å². The van der Waals surface area contributed by atoms with Crippen LogP contribution in [0.1, 0.15) is 51.7 Å². The molecule has 8 heteroatoms. The van der Waals surface area contributed by atoms with Crippen LogP contribution in [0.15, 0.2) is 4.99 Å². The zero-order chi connectivity index (χ0) is 17.0. The largest absolute Gasteiger partial charge is 0.355 e. The number of hydrogen-bond acceptors (Lipinski definition) is 4. The molecule has 2 heterocycles. The number of aliphatic imine (C=N–C) groups is 1. The summed E-state index contributed by atoms with van der Waals surface area (Å²) in [7, 11) is 1.82. The summed E-state index contributed by atoms with van der Waals surface area (Å²) in [6.45, 7) is 10.5. The first-order valence-electron chi connectivity index (χ1n) is 8.30. The molecule has 0 aromatic carbocycles. The predicted octanol–water partition coefficient (Wildman–Crippen LogP) is 2.64. The van der Waals surface area contributed by atoms with E-state index in [1.54, 1.807) is 0 Å². The maximum atomic E-state index is 4.64. The van der Waals surface area contributed by atoms with E-state index in [-0.39, 0.29) is 28.7 Å². The lowest BCUT2D eigenvalue weighted by Crippen LogP contribution is -2.49. The Morgan fingerprint density at radius 3 is 2.75 bits per heavy atom. The Hall–Kier alpha value is -0.510. The molecule has 0 saturated heterocycles. The number of nitrogens with one attached hydrogen (secondary N) is 2. The molecule has 24 heavy (non-hydrogen) atoms. The van der Waals surface area contributed by atoms with Crippen LogP contribution in [0.2, 0.25) is 0 Å². The summed E-state index contributed by atoms with van der Waals surface area (Å²) in [6, 6.07) is 0.341. The van der Waals surface area contributed by atoms with Crippen molar-refractivity contribution in [3.8, 4) is 0 Å². The van der Waals surface area contributed by atoms with Crippen molar-refractivity contribution in [2.24, 2.45) is 4.99 Å². The van der Waals surface area contributed by atoms with Gasteiger partial charge in [0.05, 0.1) is 6.54 Å². The third-order valence-corrected chi connectivity index (χ3v) is 5.44. The molecule has 0 spiro atoms. The number of guanidine groups is 1. The van der Waals surface area contributed by atoms with Crippen molar-refractivity contribution in [2.75, 3.05) is 19.8 Å². The molecule has 6 nitrogen and oxygen atoms in total. The second-order valence-electron chi connectivity index (χ2n) is 6.99. The summed E-state index contributed by atoms with van der Waals surface area (Å²) in [6.07, 6.45) is 4.16. The minimum absolute atomic E-state index is 0. The molecule has 138 valence electrons. The van der Waals surface area contributed by atoms with E-state index in [0.29, 0.717) is 12.0 Å². The third-order valence-electron chi connectivity index (χ3n) is 4.19. The average molecular weight is 466 g/mol. The first kappa shape index (κ1) is 21.5. The van der Waals surface area contributed by atoms with Gasteiger partial charge in [0.25, 0.3) is 0 Å². The number of halogens is 1. The SMILES string of the molecule is CN=C(NCC(C)(C)SC)NC1CCc2nc(C(C)C)nn2C1.I. The number of aryl methyl sites for hydroxylation is 1. The predicted molar refractivity (Wildman–Crippen MR) is 114 cm³/mol. The van der Waals surface area contributed by atoms with Gasteiger partial charge >= 0.3 is 0 Å². The number of aromatic nitrogens is 3. The molecule has 0 bridgehead atoms. The van der Waals surface area contributed by atoms with Crippen molar-refractivity contribution in [3.05, 3.63) is 11.6 Å². The van der Waals surface area contributed by atoms with Crippen molar-refractivity contribution in [3.63, 3.8) is 0 Å². The van der Waals surface area contributed by atoms with Gasteiger partial charge in [-0.1, -0.05) is 13.8 Å². The van der Waals surface area contributed by atoms with Crippen LogP contribution in [0, 0.1) is 0 Å². The molecule has 2 N–H and O–H groups in total. The quantitative estimate of drug-likeness (QED) is 0.397. The van der Waals surface area contributed by atoms with Gasteiger partial charge in [-0.05, 0) is 26.5 Å². The van der Waals surface area contributed by atoms with Crippen molar-refractivity contribution < 1.29 is 0 Å². The van der Waals surface area contributed by atoms with E-state index < -0.39 is 0 Å². The third kappa shape index (κ3) is 5.79. The first-order valence-corrected chi connectivity index (χ1v) is 9.53. The number of fused-ring (bicyclic) bond motifs is 1. The maximum Gasteiger partial charge on any atom is 0.191 e. The minimum atomic E-state index is 0. The minimum Gasteiger partial charge on any atom is -0.355 e. The Kier molecular flexibility index (Phi) is 8.31. The van der Waals surface area contributed by atoms with Crippen molar-refractivity contribution >= 4 is 41.7 Å². The lowest BCUT2D eigenvalue weighted by molar-refractivity contribution is 0.391. The molecular weight excluding hydrogens is 435 g/mol. The van der Waals surface area contributed by atoms with Gasteiger partial charge in [0.1, 0.15) is 5.82 Å².